The number of alkyl halides is 3. The Balaban J connectivity index is 1.46. The van der Waals surface area contributed by atoms with Crippen molar-refractivity contribution in [2.24, 2.45) is 0 Å². The van der Waals surface area contributed by atoms with E-state index in [1.165, 1.54) is 6.07 Å². The second kappa shape index (κ2) is 8.26. The van der Waals surface area contributed by atoms with E-state index in [1.807, 2.05) is 34.2 Å². The average Bonchev–Trinajstić information content (AvgIpc) is 3.16. The topological polar surface area (TPSA) is 48.5 Å². The standard InChI is InChI=1S/C18H21F3N4OS/c1-13(15-3-2-10-27-15)23-17(26)12-24-6-8-25(9-7-24)16-5-4-14(11-22-16)18(19,20)21/h2-5,10-11,13H,6-9,12H2,1H3,(H,23,26)/t13-/m0/s1. The lowest BCUT2D eigenvalue weighted by molar-refractivity contribution is -0.137. The van der Waals surface area contributed by atoms with Gasteiger partial charge in [0.1, 0.15) is 5.82 Å². The molecule has 1 aliphatic rings. The molecule has 1 saturated heterocycles. The number of piperazine rings is 1. The molecular formula is C18H21F3N4OS. The zero-order valence-corrected chi connectivity index (χ0v) is 15.7. The first-order valence-corrected chi connectivity index (χ1v) is 9.54. The van der Waals surface area contributed by atoms with Gasteiger partial charge in [0.15, 0.2) is 0 Å². The van der Waals surface area contributed by atoms with Crippen molar-refractivity contribution >= 4 is 23.1 Å². The quantitative estimate of drug-likeness (QED) is 0.841. The van der Waals surface area contributed by atoms with Gasteiger partial charge >= 0.3 is 6.18 Å². The Kier molecular flexibility index (Phi) is 6.01. The molecule has 0 aromatic carbocycles. The molecule has 146 valence electrons. The summed E-state index contributed by atoms with van der Waals surface area (Å²) in [5.74, 6) is 0.496. The Morgan fingerprint density at radius 2 is 2.00 bits per heavy atom. The molecule has 0 radical (unpaired) electrons. The number of halogens is 3. The molecule has 1 amide bonds. The predicted molar refractivity (Wildman–Crippen MR) is 98.8 cm³/mol. The van der Waals surface area contributed by atoms with E-state index in [0.29, 0.717) is 38.5 Å². The zero-order valence-electron chi connectivity index (χ0n) is 14.9. The van der Waals surface area contributed by atoms with Gasteiger partial charge in [-0.3, -0.25) is 9.69 Å². The number of thiophene rings is 1. The first-order valence-electron chi connectivity index (χ1n) is 8.66. The molecule has 3 rings (SSSR count). The van der Waals surface area contributed by atoms with Crippen molar-refractivity contribution in [3.05, 3.63) is 46.3 Å². The SMILES string of the molecule is C[C@H](NC(=O)CN1CCN(c2ccc(C(F)(F)F)cn2)CC1)c1cccs1. The minimum atomic E-state index is -4.38. The van der Waals surface area contributed by atoms with E-state index >= 15 is 0 Å². The van der Waals surface area contributed by atoms with Crippen molar-refractivity contribution in [3.8, 4) is 0 Å². The number of pyridine rings is 1. The monoisotopic (exact) mass is 398 g/mol. The fourth-order valence-electron chi connectivity index (χ4n) is 2.97. The van der Waals surface area contributed by atoms with Crippen LogP contribution in [0.5, 0.6) is 0 Å². The third-order valence-corrected chi connectivity index (χ3v) is 5.54. The summed E-state index contributed by atoms with van der Waals surface area (Å²) in [5, 5.41) is 4.97. The number of carbonyl (C=O) groups excluding carboxylic acids is 1. The summed E-state index contributed by atoms with van der Waals surface area (Å²) in [4.78, 5) is 21.2. The van der Waals surface area contributed by atoms with Crippen LogP contribution in [0, 0.1) is 0 Å². The van der Waals surface area contributed by atoms with Crippen molar-refractivity contribution in [1.82, 2.24) is 15.2 Å². The Morgan fingerprint density at radius 1 is 1.26 bits per heavy atom. The third-order valence-electron chi connectivity index (χ3n) is 4.49. The minimum Gasteiger partial charge on any atom is -0.354 e. The van der Waals surface area contributed by atoms with Gasteiger partial charge in [0, 0.05) is 37.3 Å². The van der Waals surface area contributed by atoms with Crippen LogP contribution < -0.4 is 10.2 Å². The van der Waals surface area contributed by atoms with Crippen molar-refractivity contribution in [1.29, 1.82) is 0 Å². The summed E-state index contributed by atoms with van der Waals surface area (Å²) >= 11 is 1.61. The zero-order chi connectivity index (χ0) is 19.4. The number of nitrogens with one attached hydrogen (secondary N) is 1. The maximum atomic E-state index is 12.6. The molecule has 0 aliphatic carbocycles. The van der Waals surface area contributed by atoms with Crippen LogP contribution in [-0.2, 0) is 11.0 Å². The number of aromatic nitrogens is 1. The first-order chi connectivity index (χ1) is 12.8. The molecule has 1 N–H and O–H groups in total. The molecule has 1 aliphatic heterocycles. The predicted octanol–water partition coefficient (Wildman–Crippen LogP) is 3.16. The lowest BCUT2D eigenvalue weighted by Gasteiger charge is -2.35. The van der Waals surface area contributed by atoms with E-state index in [4.69, 9.17) is 0 Å². The highest BCUT2D eigenvalue weighted by Crippen LogP contribution is 2.29. The van der Waals surface area contributed by atoms with Crippen LogP contribution in [0.2, 0.25) is 0 Å². The minimum absolute atomic E-state index is 0.0184. The molecule has 5 nitrogen and oxygen atoms in total. The smallest absolute Gasteiger partial charge is 0.354 e. The molecule has 2 aromatic heterocycles. The maximum Gasteiger partial charge on any atom is 0.417 e. The van der Waals surface area contributed by atoms with Crippen LogP contribution >= 0.6 is 11.3 Å². The fourth-order valence-corrected chi connectivity index (χ4v) is 3.71. The van der Waals surface area contributed by atoms with Crippen LogP contribution in [0.3, 0.4) is 0 Å². The van der Waals surface area contributed by atoms with E-state index in [0.717, 1.165) is 17.1 Å². The van der Waals surface area contributed by atoms with E-state index in [-0.39, 0.29) is 11.9 Å². The summed E-state index contributed by atoms with van der Waals surface area (Å²) in [7, 11) is 0. The van der Waals surface area contributed by atoms with Gasteiger partial charge in [-0.1, -0.05) is 6.07 Å². The largest absolute Gasteiger partial charge is 0.417 e. The molecule has 9 heteroatoms. The molecule has 1 fully saturated rings. The highest BCUT2D eigenvalue weighted by atomic mass is 32.1. The van der Waals surface area contributed by atoms with Crippen LogP contribution in [0.1, 0.15) is 23.4 Å². The molecule has 0 saturated carbocycles. The molecule has 0 unspecified atom stereocenters. The number of carbonyl (C=O) groups is 1. The highest BCUT2D eigenvalue weighted by Gasteiger charge is 2.31. The van der Waals surface area contributed by atoms with Crippen molar-refractivity contribution in [2.45, 2.75) is 19.1 Å². The Hall–Kier alpha value is -2.13. The number of nitrogens with zero attached hydrogens (tertiary/aromatic N) is 3. The van der Waals surface area contributed by atoms with Crippen molar-refractivity contribution in [2.75, 3.05) is 37.6 Å². The van der Waals surface area contributed by atoms with Crippen molar-refractivity contribution in [3.63, 3.8) is 0 Å². The molecule has 1 atom stereocenters. The summed E-state index contributed by atoms with van der Waals surface area (Å²) < 4.78 is 37.9. The number of rotatable bonds is 5. The van der Waals surface area contributed by atoms with Gasteiger partial charge in [0.25, 0.3) is 0 Å². The van der Waals surface area contributed by atoms with Crippen LogP contribution in [0.15, 0.2) is 35.8 Å². The molecular weight excluding hydrogens is 377 g/mol. The Labute approximate surface area is 159 Å². The summed E-state index contributed by atoms with van der Waals surface area (Å²) in [5.41, 5.74) is -0.749. The Morgan fingerprint density at radius 3 is 2.56 bits per heavy atom. The number of amides is 1. The van der Waals surface area contributed by atoms with E-state index < -0.39 is 11.7 Å². The van der Waals surface area contributed by atoms with Crippen molar-refractivity contribution < 1.29 is 18.0 Å². The van der Waals surface area contributed by atoms with Gasteiger partial charge in [-0.2, -0.15) is 13.2 Å². The Bertz CT molecular complexity index is 741. The van der Waals surface area contributed by atoms with E-state index in [1.54, 1.807) is 11.3 Å². The number of hydrogen-bond donors (Lipinski definition) is 1. The molecule has 2 aromatic rings. The number of anilines is 1. The average molecular weight is 398 g/mol. The third kappa shape index (κ3) is 5.20. The van der Waals surface area contributed by atoms with Gasteiger partial charge in [0.2, 0.25) is 5.91 Å². The summed E-state index contributed by atoms with van der Waals surface area (Å²) in [6.45, 7) is 4.81. The van der Waals surface area contributed by atoms with Gasteiger partial charge in [-0.05, 0) is 30.5 Å². The fraction of sp³-hybridized carbons (Fsp3) is 0.444. The van der Waals surface area contributed by atoms with Gasteiger partial charge in [-0.25, -0.2) is 4.98 Å². The normalized spacial score (nSPS) is 17.0. The second-order valence-electron chi connectivity index (χ2n) is 6.47. The van der Waals surface area contributed by atoms with Crippen LogP contribution in [0.25, 0.3) is 0 Å². The van der Waals surface area contributed by atoms with E-state index in [9.17, 15) is 18.0 Å². The highest BCUT2D eigenvalue weighted by molar-refractivity contribution is 7.10. The van der Waals surface area contributed by atoms with Gasteiger partial charge in [-0.15, -0.1) is 11.3 Å². The molecule has 27 heavy (non-hydrogen) atoms. The molecule has 0 bridgehead atoms. The number of hydrogen-bond acceptors (Lipinski definition) is 5. The molecule has 0 spiro atoms. The maximum absolute atomic E-state index is 12.6. The first kappa shape index (κ1) is 19.6. The lowest BCUT2D eigenvalue weighted by atomic mass is 10.2. The van der Waals surface area contributed by atoms with Gasteiger partial charge < -0.3 is 10.2 Å². The van der Waals surface area contributed by atoms with Gasteiger partial charge in [0.05, 0.1) is 18.2 Å². The van der Waals surface area contributed by atoms with Crippen LogP contribution in [0.4, 0.5) is 19.0 Å². The van der Waals surface area contributed by atoms with E-state index in [2.05, 4.69) is 10.3 Å². The summed E-state index contributed by atoms with van der Waals surface area (Å²) in [6, 6.07) is 6.38. The molecule has 3 heterocycles. The summed E-state index contributed by atoms with van der Waals surface area (Å²) in [6.07, 6.45) is -3.51. The van der Waals surface area contributed by atoms with Crippen LogP contribution in [-0.4, -0.2) is 48.5 Å². The lowest BCUT2D eigenvalue weighted by Crippen LogP contribution is -2.49. The second-order valence-corrected chi connectivity index (χ2v) is 7.45.